The van der Waals surface area contributed by atoms with Crippen molar-refractivity contribution in [3.8, 4) is 0 Å². The number of benzene rings is 2. The Bertz CT molecular complexity index is 914. The molecular formula is C22H25N3OS. The van der Waals surface area contributed by atoms with Crippen LogP contribution in [-0.4, -0.2) is 43.5 Å². The normalized spacial score (nSPS) is 15.3. The zero-order chi connectivity index (χ0) is 18.6. The summed E-state index contributed by atoms with van der Waals surface area (Å²) in [5.41, 5.74) is 8.11. The highest BCUT2D eigenvalue weighted by atomic mass is 32.1. The fourth-order valence-electron chi connectivity index (χ4n) is 3.81. The highest BCUT2D eigenvalue weighted by Crippen LogP contribution is 2.33. The van der Waals surface area contributed by atoms with Crippen molar-refractivity contribution >= 4 is 33.0 Å². The van der Waals surface area contributed by atoms with Crippen molar-refractivity contribution in [2.75, 3.05) is 37.6 Å². The fourth-order valence-corrected chi connectivity index (χ4v) is 4.74. The van der Waals surface area contributed by atoms with Crippen molar-refractivity contribution in [2.24, 2.45) is 5.73 Å². The minimum Gasteiger partial charge on any atom is -0.368 e. The lowest BCUT2D eigenvalue weighted by Crippen LogP contribution is -2.46. The molecule has 27 heavy (non-hydrogen) atoms. The van der Waals surface area contributed by atoms with E-state index in [-0.39, 0.29) is 5.91 Å². The van der Waals surface area contributed by atoms with Gasteiger partial charge in [0.1, 0.15) is 0 Å². The number of carbonyl (C=O) groups excluding carboxylic acids is 1. The van der Waals surface area contributed by atoms with E-state index in [1.54, 1.807) is 0 Å². The van der Waals surface area contributed by atoms with E-state index < -0.39 is 0 Å². The number of piperazine rings is 1. The summed E-state index contributed by atoms with van der Waals surface area (Å²) in [4.78, 5) is 17.1. The number of nitrogens with two attached hydrogens (primary N) is 1. The molecule has 0 unspecified atom stereocenters. The molecule has 140 valence electrons. The third kappa shape index (κ3) is 4.15. The number of aryl methyl sites for hydroxylation is 1. The summed E-state index contributed by atoms with van der Waals surface area (Å²) in [6.45, 7) is 5.35. The SMILES string of the molecule is NC(=O)c1cc2c(N3CCN(CCCc4ccccc4)CC3)cccc2s1. The molecule has 1 amide bonds. The van der Waals surface area contributed by atoms with Gasteiger partial charge in [0.05, 0.1) is 4.88 Å². The number of amides is 1. The summed E-state index contributed by atoms with van der Waals surface area (Å²) in [7, 11) is 0. The van der Waals surface area contributed by atoms with Crippen LogP contribution in [0.5, 0.6) is 0 Å². The summed E-state index contributed by atoms with van der Waals surface area (Å²) in [6, 6.07) is 19.0. The van der Waals surface area contributed by atoms with Gasteiger partial charge < -0.3 is 10.6 Å². The first-order valence-corrected chi connectivity index (χ1v) is 10.4. The predicted octanol–water partition coefficient (Wildman–Crippen LogP) is 3.76. The molecule has 4 rings (SSSR count). The van der Waals surface area contributed by atoms with Crippen LogP contribution in [0.3, 0.4) is 0 Å². The molecule has 5 heteroatoms. The van der Waals surface area contributed by atoms with Gasteiger partial charge in [-0.2, -0.15) is 0 Å². The second kappa shape index (κ2) is 8.11. The van der Waals surface area contributed by atoms with Gasteiger partial charge in [0.25, 0.3) is 5.91 Å². The van der Waals surface area contributed by atoms with Crippen LogP contribution < -0.4 is 10.6 Å². The predicted molar refractivity (Wildman–Crippen MR) is 114 cm³/mol. The van der Waals surface area contributed by atoms with Gasteiger partial charge in [-0.05, 0) is 43.1 Å². The van der Waals surface area contributed by atoms with Crippen LogP contribution in [0.25, 0.3) is 10.1 Å². The molecule has 4 nitrogen and oxygen atoms in total. The molecule has 1 fully saturated rings. The molecule has 0 saturated carbocycles. The average Bonchev–Trinajstić information content (AvgIpc) is 3.14. The van der Waals surface area contributed by atoms with Gasteiger partial charge in [0.15, 0.2) is 0 Å². The largest absolute Gasteiger partial charge is 0.368 e. The van der Waals surface area contributed by atoms with E-state index in [0.717, 1.165) is 49.2 Å². The lowest BCUT2D eigenvalue weighted by Gasteiger charge is -2.36. The molecule has 2 N–H and O–H groups in total. The van der Waals surface area contributed by atoms with Crippen LogP contribution in [0.4, 0.5) is 5.69 Å². The van der Waals surface area contributed by atoms with E-state index in [4.69, 9.17) is 5.73 Å². The maximum Gasteiger partial charge on any atom is 0.258 e. The first-order chi connectivity index (χ1) is 13.2. The zero-order valence-electron chi connectivity index (χ0n) is 15.4. The molecule has 0 aliphatic carbocycles. The van der Waals surface area contributed by atoms with Crippen molar-refractivity contribution in [3.05, 3.63) is 65.0 Å². The molecule has 3 aromatic rings. The first kappa shape index (κ1) is 18.0. The van der Waals surface area contributed by atoms with Crippen molar-refractivity contribution in [1.29, 1.82) is 0 Å². The number of anilines is 1. The summed E-state index contributed by atoms with van der Waals surface area (Å²) in [5.74, 6) is -0.342. The van der Waals surface area contributed by atoms with Gasteiger partial charge in [0.2, 0.25) is 0 Å². The molecule has 2 aromatic carbocycles. The molecule has 2 heterocycles. The Kier molecular flexibility index (Phi) is 5.41. The Morgan fingerprint density at radius 1 is 1.00 bits per heavy atom. The van der Waals surface area contributed by atoms with Crippen LogP contribution in [-0.2, 0) is 6.42 Å². The molecule has 0 radical (unpaired) electrons. The lowest BCUT2D eigenvalue weighted by molar-refractivity contribution is 0.100. The van der Waals surface area contributed by atoms with Gasteiger partial charge in [0, 0.05) is 42.0 Å². The molecule has 0 bridgehead atoms. The van der Waals surface area contributed by atoms with Crippen LogP contribution in [0, 0.1) is 0 Å². The van der Waals surface area contributed by atoms with E-state index in [0.29, 0.717) is 4.88 Å². The molecule has 0 spiro atoms. The van der Waals surface area contributed by atoms with Crippen molar-refractivity contribution in [2.45, 2.75) is 12.8 Å². The van der Waals surface area contributed by atoms with Crippen LogP contribution in [0.1, 0.15) is 21.7 Å². The third-order valence-electron chi connectivity index (χ3n) is 5.28. The van der Waals surface area contributed by atoms with Gasteiger partial charge >= 0.3 is 0 Å². The van der Waals surface area contributed by atoms with E-state index in [2.05, 4.69) is 58.3 Å². The summed E-state index contributed by atoms with van der Waals surface area (Å²) in [5, 5.41) is 1.15. The molecule has 1 aliphatic rings. The van der Waals surface area contributed by atoms with Crippen molar-refractivity contribution in [3.63, 3.8) is 0 Å². The van der Waals surface area contributed by atoms with Crippen molar-refractivity contribution < 1.29 is 4.79 Å². The minimum atomic E-state index is -0.342. The Hall–Kier alpha value is -2.37. The monoisotopic (exact) mass is 379 g/mol. The van der Waals surface area contributed by atoms with Gasteiger partial charge in [-0.15, -0.1) is 11.3 Å². The highest BCUT2D eigenvalue weighted by molar-refractivity contribution is 7.20. The summed E-state index contributed by atoms with van der Waals surface area (Å²) in [6.07, 6.45) is 2.34. The van der Waals surface area contributed by atoms with Crippen molar-refractivity contribution in [1.82, 2.24) is 4.90 Å². The number of rotatable bonds is 6. The van der Waals surface area contributed by atoms with Crippen LogP contribution in [0.15, 0.2) is 54.6 Å². The number of carbonyl (C=O) groups is 1. The number of fused-ring (bicyclic) bond motifs is 1. The number of primary amides is 1. The highest BCUT2D eigenvalue weighted by Gasteiger charge is 2.19. The molecule has 1 saturated heterocycles. The summed E-state index contributed by atoms with van der Waals surface area (Å²) < 4.78 is 1.13. The zero-order valence-corrected chi connectivity index (χ0v) is 16.3. The van der Waals surface area contributed by atoms with Gasteiger partial charge in [-0.25, -0.2) is 0 Å². The van der Waals surface area contributed by atoms with Gasteiger partial charge in [-0.1, -0.05) is 36.4 Å². The van der Waals surface area contributed by atoms with Crippen LogP contribution >= 0.6 is 11.3 Å². The maximum atomic E-state index is 11.5. The topological polar surface area (TPSA) is 49.6 Å². The number of nitrogens with zero attached hydrogens (tertiary/aromatic N) is 2. The standard InChI is InChI=1S/C22H25N3OS/c23-22(26)21-16-18-19(9-4-10-20(18)27-21)25-14-12-24(13-15-25)11-5-8-17-6-2-1-3-7-17/h1-4,6-7,9-10,16H,5,8,11-15H2,(H2,23,26). The van der Waals surface area contributed by atoms with E-state index >= 15 is 0 Å². The molecule has 1 aromatic heterocycles. The average molecular weight is 380 g/mol. The quantitative estimate of drug-likeness (QED) is 0.709. The molecule has 0 atom stereocenters. The third-order valence-corrected chi connectivity index (χ3v) is 6.39. The Morgan fingerprint density at radius 3 is 2.52 bits per heavy atom. The smallest absolute Gasteiger partial charge is 0.258 e. The molecular weight excluding hydrogens is 354 g/mol. The number of hydrogen-bond donors (Lipinski definition) is 1. The minimum absolute atomic E-state index is 0.342. The maximum absolute atomic E-state index is 11.5. The van der Waals surface area contributed by atoms with E-state index in [1.807, 2.05) is 6.07 Å². The Labute approximate surface area is 164 Å². The molecule has 1 aliphatic heterocycles. The number of hydrogen-bond acceptors (Lipinski definition) is 4. The summed E-state index contributed by atoms with van der Waals surface area (Å²) >= 11 is 1.48. The number of thiophene rings is 1. The fraction of sp³-hybridized carbons (Fsp3) is 0.318. The second-order valence-electron chi connectivity index (χ2n) is 7.08. The Balaban J connectivity index is 1.35. The second-order valence-corrected chi connectivity index (χ2v) is 8.17. The van der Waals surface area contributed by atoms with Gasteiger partial charge in [-0.3, -0.25) is 9.69 Å². The Morgan fingerprint density at radius 2 is 1.78 bits per heavy atom. The van der Waals surface area contributed by atoms with Crippen LogP contribution in [0.2, 0.25) is 0 Å². The van der Waals surface area contributed by atoms with E-state index in [9.17, 15) is 4.79 Å². The first-order valence-electron chi connectivity index (χ1n) is 9.54. The van der Waals surface area contributed by atoms with E-state index in [1.165, 1.54) is 29.0 Å². The lowest BCUT2D eigenvalue weighted by atomic mass is 10.1.